The zero-order chi connectivity index (χ0) is 15.8. The van der Waals surface area contributed by atoms with Crippen LogP contribution in [-0.2, 0) is 6.54 Å². The molecule has 3 heterocycles. The Kier molecular flexibility index (Phi) is 3.04. The summed E-state index contributed by atoms with van der Waals surface area (Å²) in [6.45, 7) is 0.855. The number of tetrazole rings is 1. The Hall–Kier alpha value is -3.23. The second-order valence-corrected chi connectivity index (χ2v) is 5.26. The first kappa shape index (κ1) is 13.4. The summed E-state index contributed by atoms with van der Waals surface area (Å²) >= 11 is 0. The first-order valence-corrected chi connectivity index (χ1v) is 7.15. The van der Waals surface area contributed by atoms with Crippen LogP contribution in [0.25, 0.3) is 5.69 Å². The Labute approximate surface area is 129 Å². The van der Waals surface area contributed by atoms with Crippen molar-refractivity contribution in [2.75, 3.05) is 0 Å². The van der Waals surface area contributed by atoms with Crippen molar-refractivity contribution >= 4 is 5.91 Å². The van der Waals surface area contributed by atoms with Gasteiger partial charge in [0.2, 0.25) is 0 Å². The van der Waals surface area contributed by atoms with Crippen LogP contribution < -0.4 is 11.0 Å². The smallest absolute Gasteiger partial charge is 0.342 e. The highest BCUT2D eigenvalue weighted by Gasteiger charge is 2.25. The highest BCUT2D eigenvalue weighted by Crippen LogP contribution is 2.23. The maximum absolute atomic E-state index is 12.3. The molecular formula is C14H13N7O2. The van der Waals surface area contributed by atoms with Crippen molar-refractivity contribution in [3.63, 3.8) is 0 Å². The number of hydrogen-bond acceptors (Lipinski definition) is 5. The Morgan fingerprint density at radius 3 is 2.87 bits per heavy atom. The van der Waals surface area contributed by atoms with Gasteiger partial charge in [-0.3, -0.25) is 4.79 Å². The molecule has 23 heavy (non-hydrogen) atoms. The number of imidazole rings is 1. The average molecular weight is 311 g/mol. The highest BCUT2D eigenvalue weighted by atomic mass is 16.2. The van der Waals surface area contributed by atoms with E-state index in [4.69, 9.17) is 0 Å². The molecule has 1 aliphatic heterocycles. The van der Waals surface area contributed by atoms with E-state index >= 15 is 0 Å². The minimum absolute atomic E-state index is 0.0738. The molecule has 1 aromatic carbocycles. The number of nitrogens with one attached hydrogen (secondary N) is 2. The van der Waals surface area contributed by atoms with Crippen molar-refractivity contribution in [1.82, 2.24) is 35.1 Å². The second kappa shape index (κ2) is 5.20. The summed E-state index contributed by atoms with van der Waals surface area (Å²) in [5.41, 5.74) is 0.618. The summed E-state index contributed by atoms with van der Waals surface area (Å²) in [6, 6.07) is 6.51. The summed E-state index contributed by atoms with van der Waals surface area (Å²) in [5.74, 6) is 0.703. The Balaban J connectivity index is 1.51. The number of hydrogen-bond donors (Lipinski definition) is 2. The van der Waals surface area contributed by atoms with Crippen molar-refractivity contribution in [3.05, 3.63) is 58.5 Å². The van der Waals surface area contributed by atoms with E-state index in [-0.39, 0.29) is 11.9 Å². The summed E-state index contributed by atoms with van der Waals surface area (Å²) in [7, 11) is 0. The van der Waals surface area contributed by atoms with Crippen LogP contribution in [0.1, 0.15) is 28.6 Å². The number of rotatable bonds is 3. The zero-order valence-corrected chi connectivity index (χ0v) is 12.0. The topological polar surface area (TPSA) is 110 Å². The van der Waals surface area contributed by atoms with Crippen LogP contribution in [0.5, 0.6) is 0 Å². The third-order valence-corrected chi connectivity index (χ3v) is 3.87. The summed E-state index contributed by atoms with van der Waals surface area (Å²) in [6.07, 6.45) is 4.48. The molecule has 1 amide bonds. The Morgan fingerprint density at radius 2 is 2.13 bits per heavy atom. The maximum Gasteiger partial charge on any atom is 0.365 e. The number of H-pyrrole nitrogens is 1. The fraction of sp³-hybridized carbons (Fsp3) is 0.214. The molecule has 0 aliphatic carbocycles. The third-order valence-electron chi connectivity index (χ3n) is 3.87. The van der Waals surface area contributed by atoms with E-state index in [2.05, 4.69) is 25.8 Å². The van der Waals surface area contributed by atoms with Gasteiger partial charge in [0, 0.05) is 24.5 Å². The Morgan fingerprint density at radius 1 is 1.30 bits per heavy atom. The molecule has 0 saturated heterocycles. The number of fused-ring (bicyclic) bond motifs is 1. The number of aryl methyl sites for hydroxylation is 1. The molecule has 2 aromatic heterocycles. The lowest BCUT2D eigenvalue weighted by molar-refractivity contribution is 0.0936. The van der Waals surface area contributed by atoms with E-state index in [1.54, 1.807) is 30.5 Å². The van der Waals surface area contributed by atoms with E-state index in [1.807, 2.05) is 10.8 Å². The molecule has 0 spiro atoms. The van der Waals surface area contributed by atoms with Gasteiger partial charge < -0.3 is 9.88 Å². The SMILES string of the molecule is O=C(NC1CCn2ccnc21)c1ccc(-n2nn[nH]c2=O)cc1. The molecule has 1 aliphatic rings. The quantitative estimate of drug-likeness (QED) is 0.709. The van der Waals surface area contributed by atoms with Gasteiger partial charge in [-0.25, -0.2) is 14.9 Å². The molecule has 3 aromatic rings. The molecule has 0 saturated carbocycles. The molecule has 0 bridgehead atoms. The van der Waals surface area contributed by atoms with Gasteiger partial charge in [0.05, 0.1) is 11.7 Å². The van der Waals surface area contributed by atoms with Crippen LogP contribution in [0.2, 0.25) is 0 Å². The standard InChI is InChI=1S/C14H13N7O2/c22-13(16-11-5-7-20-8-6-15-12(11)20)9-1-3-10(4-2-9)21-14(23)17-18-19-21/h1-4,6,8,11H,5,7H2,(H,16,22)(H,17,19,23). The lowest BCUT2D eigenvalue weighted by atomic mass is 10.1. The summed E-state index contributed by atoms with van der Waals surface area (Å²) < 4.78 is 3.15. The van der Waals surface area contributed by atoms with Crippen LogP contribution in [-0.4, -0.2) is 35.7 Å². The molecule has 9 heteroatoms. The van der Waals surface area contributed by atoms with Gasteiger partial charge in [0.25, 0.3) is 5.91 Å². The molecule has 1 atom stereocenters. The molecule has 0 radical (unpaired) electrons. The van der Waals surface area contributed by atoms with E-state index in [9.17, 15) is 9.59 Å². The van der Waals surface area contributed by atoms with Gasteiger partial charge in [-0.15, -0.1) is 0 Å². The van der Waals surface area contributed by atoms with E-state index in [1.165, 1.54) is 0 Å². The van der Waals surface area contributed by atoms with Crippen molar-refractivity contribution in [2.24, 2.45) is 0 Å². The number of nitrogens with zero attached hydrogens (tertiary/aromatic N) is 5. The van der Waals surface area contributed by atoms with Crippen LogP contribution >= 0.6 is 0 Å². The van der Waals surface area contributed by atoms with Crippen LogP contribution in [0.15, 0.2) is 41.5 Å². The van der Waals surface area contributed by atoms with Crippen molar-refractivity contribution in [3.8, 4) is 5.69 Å². The fourth-order valence-electron chi connectivity index (χ4n) is 2.72. The Bertz CT molecular complexity index is 906. The number of benzene rings is 1. The number of carbonyl (C=O) groups is 1. The fourth-order valence-corrected chi connectivity index (χ4v) is 2.72. The van der Waals surface area contributed by atoms with Crippen molar-refractivity contribution in [2.45, 2.75) is 19.0 Å². The van der Waals surface area contributed by atoms with E-state index < -0.39 is 5.69 Å². The molecule has 1 unspecified atom stereocenters. The van der Waals surface area contributed by atoms with Crippen LogP contribution in [0, 0.1) is 0 Å². The third kappa shape index (κ3) is 2.31. The van der Waals surface area contributed by atoms with Gasteiger partial charge in [-0.1, -0.05) is 0 Å². The maximum atomic E-state index is 12.3. The lowest BCUT2D eigenvalue weighted by Gasteiger charge is -2.11. The molecule has 116 valence electrons. The molecule has 9 nitrogen and oxygen atoms in total. The molecule has 4 rings (SSSR count). The predicted octanol–water partition coefficient (Wildman–Crippen LogP) is 0.0269. The summed E-state index contributed by atoms with van der Waals surface area (Å²) in [4.78, 5) is 28.1. The minimum atomic E-state index is -0.431. The monoisotopic (exact) mass is 311 g/mol. The van der Waals surface area contributed by atoms with Crippen LogP contribution in [0.4, 0.5) is 0 Å². The molecular weight excluding hydrogens is 298 g/mol. The van der Waals surface area contributed by atoms with E-state index in [0.29, 0.717) is 11.3 Å². The normalized spacial score (nSPS) is 16.3. The largest absolute Gasteiger partial charge is 0.365 e. The van der Waals surface area contributed by atoms with E-state index in [0.717, 1.165) is 23.5 Å². The number of carbonyl (C=O) groups excluding carboxylic acids is 1. The number of amides is 1. The average Bonchev–Trinajstić information content (AvgIpc) is 3.26. The first-order valence-electron chi connectivity index (χ1n) is 7.15. The molecule has 0 fully saturated rings. The van der Waals surface area contributed by atoms with Gasteiger partial charge >= 0.3 is 5.69 Å². The lowest BCUT2D eigenvalue weighted by Crippen LogP contribution is -2.27. The van der Waals surface area contributed by atoms with Gasteiger partial charge in [-0.05, 0) is 41.1 Å². The molecule has 2 N–H and O–H groups in total. The van der Waals surface area contributed by atoms with Crippen molar-refractivity contribution < 1.29 is 4.79 Å². The first-order chi connectivity index (χ1) is 11.2. The van der Waals surface area contributed by atoms with Crippen LogP contribution in [0.3, 0.4) is 0 Å². The highest BCUT2D eigenvalue weighted by molar-refractivity contribution is 5.94. The number of aromatic nitrogens is 6. The van der Waals surface area contributed by atoms with Gasteiger partial charge in [0.15, 0.2) is 0 Å². The van der Waals surface area contributed by atoms with Crippen molar-refractivity contribution in [1.29, 1.82) is 0 Å². The van der Waals surface area contributed by atoms with Gasteiger partial charge in [0.1, 0.15) is 5.82 Å². The summed E-state index contributed by atoms with van der Waals surface area (Å²) in [5, 5.41) is 12.3. The zero-order valence-electron chi connectivity index (χ0n) is 12.0. The minimum Gasteiger partial charge on any atom is -0.342 e. The second-order valence-electron chi connectivity index (χ2n) is 5.26. The number of aromatic amines is 1. The predicted molar refractivity (Wildman–Crippen MR) is 79.0 cm³/mol. The van der Waals surface area contributed by atoms with Gasteiger partial charge in [-0.2, -0.15) is 4.68 Å².